The number of hydrogen-bond acceptors (Lipinski definition) is 2. The van der Waals surface area contributed by atoms with E-state index in [1.54, 1.807) is 31.2 Å². The lowest BCUT2D eigenvalue weighted by Crippen LogP contribution is -2.69. The average molecular weight is 268 g/mol. The van der Waals surface area contributed by atoms with Crippen LogP contribution >= 0.6 is 0 Å². The van der Waals surface area contributed by atoms with Crippen molar-refractivity contribution in [2.75, 3.05) is 0 Å². The fraction of sp³-hybridized carbons (Fsp3) is 0.571. The molecule has 3 aliphatic carbocycles. The summed E-state index contributed by atoms with van der Waals surface area (Å²) in [6.07, 6.45) is 1.27. The monoisotopic (exact) mass is 268 g/mol. The van der Waals surface area contributed by atoms with Crippen LogP contribution in [0.2, 0.25) is 0 Å². The van der Waals surface area contributed by atoms with Crippen LogP contribution < -0.4 is 0 Å². The SMILES string of the molecule is Cc1ccc(S(=O)(=O)C(C)C23CC(F)(C2)C3)cc1. The molecule has 1 aromatic carbocycles. The molecule has 0 N–H and O–H groups in total. The first-order valence-corrected chi connectivity index (χ1v) is 7.82. The maximum Gasteiger partial charge on any atom is 0.181 e. The Balaban J connectivity index is 1.89. The second kappa shape index (κ2) is 3.35. The molecule has 2 bridgehead atoms. The zero-order chi connectivity index (χ0) is 13.2. The van der Waals surface area contributed by atoms with Crippen LogP contribution in [-0.2, 0) is 9.84 Å². The highest BCUT2D eigenvalue weighted by Crippen LogP contribution is 2.72. The van der Waals surface area contributed by atoms with Gasteiger partial charge in [0.25, 0.3) is 0 Å². The molecule has 0 amide bonds. The van der Waals surface area contributed by atoms with E-state index in [2.05, 4.69) is 0 Å². The number of rotatable bonds is 3. The van der Waals surface area contributed by atoms with Crippen molar-refractivity contribution in [1.29, 1.82) is 0 Å². The zero-order valence-electron chi connectivity index (χ0n) is 10.6. The maximum atomic E-state index is 13.5. The molecule has 3 aliphatic rings. The lowest BCUT2D eigenvalue weighted by atomic mass is 9.41. The molecule has 0 heterocycles. The van der Waals surface area contributed by atoms with Crippen LogP contribution in [0.4, 0.5) is 4.39 Å². The Hall–Kier alpha value is -0.900. The van der Waals surface area contributed by atoms with Crippen molar-refractivity contribution in [1.82, 2.24) is 0 Å². The van der Waals surface area contributed by atoms with E-state index in [0.717, 1.165) is 5.56 Å². The summed E-state index contributed by atoms with van der Waals surface area (Å²) in [5.74, 6) is 0. The summed E-state index contributed by atoms with van der Waals surface area (Å²) in [5.41, 5.74) is -0.301. The fourth-order valence-electron chi connectivity index (χ4n) is 3.43. The van der Waals surface area contributed by atoms with Crippen LogP contribution in [0.25, 0.3) is 0 Å². The summed E-state index contributed by atoms with van der Waals surface area (Å²) in [6, 6.07) is 6.91. The largest absolute Gasteiger partial charge is 0.244 e. The lowest BCUT2D eigenvalue weighted by Gasteiger charge is -2.68. The van der Waals surface area contributed by atoms with Gasteiger partial charge < -0.3 is 0 Å². The molecule has 0 saturated heterocycles. The van der Waals surface area contributed by atoms with Crippen LogP contribution in [0.5, 0.6) is 0 Å². The van der Waals surface area contributed by atoms with Crippen LogP contribution in [0.3, 0.4) is 0 Å². The third-order valence-electron chi connectivity index (χ3n) is 4.68. The Morgan fingerprint density at radius 2 is 1.67 bits per heavy atom. The Labute approximate surface area is 107 Å². The molecule has 0 radical (unpaired) electrons. The van der Waals surface area contributed by atoms with Crippen molar-refractivity contribution in [3.8, 4) is 0 Å². The van der Waals surface area contributed by atoms with Gasteiger partial charge in [-0.1, -0.05) is 17.7 Å². The van der Waals surface area contributed by atoms with E-state index in [1.807, 2.05) is 6.92 Å². The molecule has 0 aromatic heterocycles. The van der Waals surface area contributed by atoms with E-state index in [9.17, 15) is 12.8 Å². The van der Waals surface area contributed by atoms with Gasteiger partial charge in [-0.15, -0.1) is 0 Å². The highest BCUT2D eigenvalue weighted by molar-refractivity contribution is 7.92. The first kappa shape index (κ1) is 12.2. The fourth-order valence-corrected chi connectivity index (χ4v) is 5.26. The highest BCUT2D eigenvalue weighted by Gasteiger charge is 2.72. The summed E-state index contributed by atoms with van der Waals surface area (Å²) in [6.45, 7) is 3.65. The molecule has 4 heteroatoms. The topological polar surface area (TPSA) is 34.1 Å². The molecule has 18 heavy (non-hydrogen) atoms. The van der Waals surface area contributed by atoms with Crippen molar-refractivity contribution < 1.29 is 12.8 Å². The Kier molecular flexibility index (Phi) is 2.26. The van der Waals surface area contributed by atoms with Gasteiger partial charge in [0, 0.05) is 0 Å². The Bertz CT molecular complexity index is 569. The Morgan fingerprint density at radius 3 is 2.11 bits per heavy atom. The maximum absolute atomic E-state index is 13.5. The van der Waals surface area contributed by atoms with E-state index in [4.69, 9.17) is 0 Å². The minimum atomic E-state index is -3.33. The Morgan fingerprint density at radius 1 is 1.17 bits per heavy atom. The van der Waals surface area contributed by atoms with Gasteiger partial charge in [0.1, 0.15) is 5.67 Å². The quantitative estimate of drug-likeness (QED) is 0.844. The molecule has 1 aromatic rings. The number of halogens is 1. The van der Waals surface area contributed by atoms with E-state index in [1.165, 1.54) is 0 Å². The summed E-state index contributed by atoms with van der Waals surface area (Å²) in [4.78, 5) is 0.359. The molecule has 4 rings (SSSR count). The van der Waals surface area contributed by atoms with E-state index >= 15 is 0 Å². The molecule has 0 aliphatic heterocycles. The molecule has 0 spiro atoms. The zero-order valence-corrected chi connectivity index (χ0v) is 11.4. The van der Waals surface area contributed by atoms with Gasteiger partial charge in [-0.2, -0.15) is 0 Å². The molecule has 2 nitrogen and oxygen atoms in total. The average Bonchev–Trinajstić information content (AvgIpc) is 2.23. The van der Waals surface area contributed by atoms with E-state index in [-0.39, 0.29) is 5.41 Å². The summed E-state index contributed by atoms with van der Waals surface area (Å²) < 4.78 is 38.5. The number of benzene rings is 1. The van der Waals surface area contributed by atoms with Crippen molar-refractivity contribution >= 4 is 9.84 Å². The van der Waals surface area contributed by atoms with Gasteiger partial charge >= 0.3 is 0 Å². The third-order valence-corrected chi connectivity index (χ3v) is 7.04. The van der Waals surface area contributed by atoms with Crippen LogP contribution in [0.15, 0.2) is 29.2 Å². The van der Waals surface area contributed by atoms with Gasteiger partial charge in [0.05, 0.1) is 10.1 Å². The van der Waals surface area contributed by atoms with Gasteiger partial charge in [0.2, 0.25) is 0 Å². The van der Waals surface area contributed by atoms with Crippen molar-refractivity contribution in [2.45, 2.75) is 48.9 Å². The van der Waals surface area contributed by atoms with Crippen molar-refractivity contribution in [3.05, 3.63) is 29.8 Å². The minimum absolute atomic E-state index is 0.293. The summed E-state index contributed by atoms with van der Waals surface area (Å²) >= 11 is 0. The number of hydrogen-bond donors (Lipinski definition) is 0. The smallest absolute Gasteiger partial charge is 0.181 e. The van der Waals surface area contributed by atoms with Crippen LogP contribution in [0, 0.1) is 12.3 Å². The molecule has 98 valence electrons. The van der Waals surface area contributed by atoms with Gasteiger partial charge in [-0.3, -0.25) is 0 Å². The summed E-state index contributed by atoms with van der Waals surface area (Å²) in [7, 11) is -3.33. The second-order valence-electron chi connectivity index (χ2n) is 6.04. The van der Waals surface area contributed by atoms with Crippen molar-refractivity contribution in [3.63, 3.8) is 0 Å². The lowest BCUT2D eigenvalue weighted by molar-refractivity contribution is -0.211. The predicted octanol–water partition coefficient (Wildman–Crippen LogP) is 3.05. The number of aryl methyl sites for hydroxylation is 1. The second-order valence-corrected chi connectivity index (χ2v) is 8.31. The number of sulfone groups is 1. The minimum Gasteiger partial charge on any atom is -0.244 e. The third kappa shape index (κ3) is 1.48. The van der Waals surface area contributed by atoms with Gasteiger partial charge in [-0.05, 0) is 50.7 Å². The first-order chi connectivity index (χ1) is 8.28. The first-order valence-electron chi connectivity index (χ1n) is 6.27. The van der Waals surface area contributed by atoms with E-state index < -0.39 is 20.8 Å². The molecule has 1 unspecified atom stereocenters. The summed E-state index contributed by atoms with van der Waals surface area (Å²) in [5, 5.41) is -0.481. The molecule has 3 saturated carbocycles. The highest BCUT2D eigenvalue weighted by atomic mass is 32.2. The predicted molar refractivity (Wildman–Crippen MR) is 67.9 cm³/mol. The molecule has 1 atom stereocenters. The normalized spacial score (nSPS) is 35.5. The van der Waals surface area contributed by atoms with Crippen LogP contribution in [-0.4, -0.2) is 19.3 Å². The van der Waals surface area contributed by atoms with Crippen LogP contribution in [0.1, 0.15) is 31.7 Å². The van der Waals surface area contributed by atoms with Gasteiger partial charge in [0.15, 0.2) is 9.84 Å². The standard InChI is InChI=1S/C14H17FO2S/c1-10-3-5-12(6-4-10)18(16,17)11(2)13-7-14(15,8-13)9-13/h3-6,11H,7-9H2,1-2H3. The van der Waals surface area contributed by atoms with Crippen molar-refractivity contribution in [2.24, 2.45) is 5.41 Å². The number of alkyl halides is 1. The molecular formula is C14H17FO2S. The van der Waals surface area contributed by atoms with E-state index in [0.29, 0.717) is 24.2 Å². The van der Waals surface area contributed by atoms with Gasteiger partial charge in [-0.25, -0.2) is 12.8 Å². The molecular weight excluding hydrogens is 251 g/mol. The molecule has 3 fully saturated rings.